The van der Waals surface area contributed by atoms with Gasteiger partial charge in [-0.2, -0.15) is 0 Å². The number of hydrogen-bond acceptors (Lipinski definition) is 7. The summed E-state index contributed by atoms with van der Waals surface area (Å²) in [6, 6.07) is 18.8. The van der Waals surface area contributed by atoms with Crippen LogP contribution < -0.4 is 4.74 Å². The first kappa shape index (κ1) is 22.6. The van der Waals surface area contributed by atoms with Crippen LogP contribution in [0.3, 0.4) is 0 Å². The van der Waals surface area contributed by atoms with Crippen molar-refractivity contribution in [3.63, 3.8) is 0 Å². The zero-order valence-electron chi connectivity index (χ0n) is 19.0. The summed E-state index contributed by atoms with van der Waals surface area (Å²) in [6.07, 6.45) is 0. The van der Waals surface area contributed by atoms with Crippen LogP contribution in [0.4, 0.5) is 4.39 Å². The molecular weight excluding hydrogens is 451 g/mol. The highest BCUT2D eigenvalue weighted by Crippen LogP contribution is 2.29. The van der Waals surface area contributed by atoms with Crippen molar-refractivity contribution in [1.82, 2.24) is 30.0 Å². The molecule has 1 saturated heterocycles. The predicted octanol–water partition coefficient (Wildman–Crippen LogP) is 3.84. The lowest BCUT2D eigenvalue weighted by Gasteiger charge is -2.39. The summed E-state index contributed by atoms with van der Waals surface area (Å²) < 4.78 is 21.1. The average Bonchev–Trinajstić information content (AvgIpc) is 3.55. The van der Waals surface area contributed by atoms with Crippen molar-refractivity contribution in [3.8, 4) is 5.75 Å². The SMILES string of the molecule is COc1ccccc1CN1CCN([C@H](c2ccc(F)cc2)c2nnnn2Cc2cccs2)CC1. The van der Waals surface area contributed by atoms with Gasteiger partial charge in [0.15, 0.2) is 5.82 Å². The molecule has 4 aromatic rings. The van der Waals surface area contributed by atoms with E-state index in [2.05, 4.69) is 42.8 Å². The second-order valence-corrected chi connectivity index (χ2v) is 9.38. The molecule has 1 fully saturated rings. The molecule has 176 valence electrons. The summed E-state index contributed by atoms with van der Waals surface area (Å²) in [5.74, 6) is 1.45. The van der Waals surface area contributed by atoms with E-state index in [4.69, 9.17) is 4.74 Å². The quantitative estimate of drug-likeness (QED) is 0.384. The molecule has 2 aromatic heterocycles. The Hall–Kier alpha value is -3.14. The normalized spacial score (nSPS) is 15.9. The number of methoxy groups -OCH3 is 1. The van der Waals surface area contributed by atoms with Gasteiger partial charge in [0.1, 0.15) is 11.6 Å². The van der Waals surface area contributed by atoms with Crippen LogP contribution >= 0.6 is 11.3 Å². The number of thiophene rings is 1. The molecule has 0 unspecified atom stereocenters. The predicted molar refractivity (Wildman–Crippen MR) is 129 cm³/mol. The van der Waals surface area contributed by atoms with E-state index in [9.17, 15) is 4.39 Å². The Bertz CT molecular complexity index is 1190. The van der Waals surface area contributed by atoms with Crippen LogP contribution in [0, 0.1) is 5.82 Å². The zero-order valence-corrected chi connectivity index (χ0v) is 19.9. The highest BCUT2D eigenvalue weighted by atomic mass is 32.1. The highest BCUT2D eigenvalue weighted by molar-refractivity contribution is 7.09. The summed E-state index contributed by atoms with van der Waals surface area (Å²) >= 11 is 1.68. The van der Waals surface area contributed by atoms with Crippen molar-refractivity contribution in [2.24, 2.45) is 0 Å². The smallest absolute Gasteiger partial charge is 0.173 e. The number of piperazine rings is 1. The van der Waals surface area contributed by atoms with Crippen LogP contribution in [0.25, 0.3) is 0 Å². The van der Waals surface area contributed by atoms with Crippen LogP contribution in [-0.4, -0.2) is 63.3 Å². The Morgan fingerprint density at radius 1 is 0.971 bits per heavy atom. The summed E-state index contributed by atoms with van der Waals surface area (Å²) in [5, 5.41) is 14.7. The van der Waals surface area contributed by atoms with Gasteiger partial charge in [0.05, 0.1) is 19.7 Å². The molecule has 1 aliphatic rings. The minimum absolute atomic E-state index is 0.149. The molecule has 2 aromatic carbocycles. The Labute approximate surface area is 202 Å². The maximum absolute atomic E-state index is 13.7. The van der Waals surface area contributed by atoms with Crippen molar-refractivity contribution in [1.29, 1.82) is 0 Å². The molecule has 34 heavy (non-hydrogen) atoms. The third-order valence-electron chi connectivity index (χ3n) is 6.23. The number of hydrogen-bond donors (Lipinski definition) is 0. The molecule has 0 N–H and O–H groups in total. The molecule has 0 spiro atoms. The Morgan fingerprint density at radius 3 is 2.50 bits per heavy atom. The van der Waals surface area contributed by atoms with Gasteiger partial charge >= 0.3 is 0 Å². The van der Waals surface area contributed by atoms with E-state index in [-0.39, 0.29) is 11.9 Å². The van der Waals surface area contributed by atoms with Crippen LogP contribution in [0.1, 0.15) is 27.9 Å². The van der Waals surface area contributed by atoms with Gasteiger partial charge in [-0.25, -0.2) is 9.07 Å². The maximum atomic E-state index is 13.7. The molecule has 0 bridgehead atoms. The summed E-state index contributed by atoms with van der Waals surface area (Å²) in [4.78, 5) is 6.01. The number of halogens is 1. The van der Waals surface area contributed by atoms with Gasteiger partial charge in [-0.05, 0) is 45.6 Å². The lowest BCUT2D eigenvalue weighted by Crippen LogP contribution is -2.48. The minimum Gasteiger partial charge on any atom is -0.496 e. The molecule has 0 radical (unpaired) electrons. The summed E-state index contributed by atoms with van der Waals surface area (Å²) in [7, 11) is 1.71. The van der Waals surface area contributed by atoms with Crippen molar-refractivity contribution in [3.05, 3.63) is 93.7 Å². The van der Waals surface area contributed by atoms with Gasteiger partial charge in [0, 0.05) is 43.2 Å². The van der Waals surface area contributed by atoms with Crippen LogP contribution in [0.5, 0.6) is 5.75 Å². The van der Waals surface area contributed by atoms with E-state index < -0.39 is 0 Å². The van der Waals surface area contributed by atoms with Gasteiger partial charge in [-0.1, -0.05) is 36.4 Å². The third kappa shape index (κ3) is 5.01. The number of para-hydroxylation sites is 1. The Balaban J connectivity index is 1.36. The van der Waals surface area contributed by atoms with Gasteiger partial charge in [-0.3, -0.25) is 9.80 Å². The standard InChI is InChI=1S/C25H27FN6OS/c1-33-23-7-3-2-5-20(23)17-30-12-14-31(15-13-30)24(19-8-10-21(26)11-9-19)25-27-28-29-32(25)18-22-6-4-16-34-22/h2-11,16,24H,12-15,17-18H2,1H3/t24-/m1/s1. The number of ether oxygens (including phenoxy) is 1. The largest absolute Gasteiger partial charge is 0.496 e. The van der Waals surface area contributed by atoms with Crippen LogP contribution in [0.2, 0.25) is 0 Å². The molecule has 0 aliphatic carbocycles. The van der Waals surface area contributed by atoms with E-state index in [0.717, 1.165) is 49.9 Å². The van der Waals surface area contributed by atoms with E-state index >= 15 is 0 Å². The Morgan fingerprint density at radius 2 is 1.76 bits per heavy atom. The van der Waals surface area contributed by atoms with Crippen molar-refractivity contribution >= 4 is 11.3 Å². The topological polar surface area (TPSA) is 59.3 Å². The molecule has 5 rings (SSSR count). The van der Waals surface area contributed by atoms with E-state index in [1.54, 1.807) is 18.4 Å². The fraction of sp³-hybridized carbons (Fsp3) is 0.320. The molecule has 9 heteroatoms. The first-order valence-electron chi connectivity index (χ1n) is 11.3. The number of rotatable bonds is 8. The van der Waals surface area contributed by atoms with Crippen molar-refractivity contribution in [2.75, 3.05) is 33.3 Å². The number of benzene rings is 2. The third-order valence-corrected chi connectivity index (χ3v) is 7.10. The fourth-order valence-electron chi connectivity index (χ4n) is 4.49. The first-order chi connectivity index (χ1) is 16.7. The molecule has 1 aliphatic heterocycles. The van der Waals surface area contributed by atoms with Gasteiger partial charge < -0.3 is 4.74 Å². The molecule has 3 heterocycles. The minimum atomic E-state index is -0.248. The highest BCUT2D eigenvalue weighted by Gasteiger charge is 2.31. The number of nitrogens with zero attached hydrogens (tertiary/aromatic N) is 6. The van der Waals surface area contributed by atoms with Gasteiger partial charge in [0.25, 0.3) is 0 Å². The van der Waals surface area contributed by atoms with E-state index in [0.29, 0.717) is 6.54 Å². The fourth-order valence-corrected chi connectivity index (χ4v) is 5.18. The van der Waals surface area contributed by atoms with Crippen molar-refractivity contribution < 1.29 is 9.13 Å². The summed E-state index contributed by atoms with van der Waals surface area (Å²) in [6.45, 7) is 4.97. The molecular formula is C25H27FN6OS. The van der Waals surface area contributed by atoms with Crippen molar-refractivity contribution in [2.45, 2.75) is 19.1 Å². The molecule has 0 amide bonds. The monoisotopic (exact) mass is 478 g/mol. The zero-order chi connectivity index (χ0) is 23.3. The second kappa shape index (κ2) is 10.4. The van der Waals surface area contributed by atoms with E-state index in [1.165, 1.54) is 22.6 Å². The number of tetrazole rings is 1. The average molecular weight is 479 g/mol. The number of aromatic nitrogens is 4. The Kier molecular flexibility index (Phi) is 6.94. The second-order valence-electron chi connectivity index (χ2n) is 8.35. The van der Waals surface area contributed by atoms with Crippen LogP contribution in [-0.2, 0) is 13.1 Å². The maximum Gasteiger partial charge on any atom is 0.173 e. The lowest BCUT2D eigenvalue weighted by atomic mass is 10.0. The molecule has 1 atom stereocenters. The van der Waals surface area contributed by atoms with Crippen LogP contribution in [0.15, 0.2) is 66.0 Å². The first-order valence-corrected chi connectivity index (χ1v) is 12.2. The molecule has 7 nitrogen and oxygen atoms in total. The van der Waals surface area contributed by atoms with E-state index in [1.807, 2.05) is 41.1 Å². The lowest BCUT2D eigenvalue weighted by molar-refractivity contribution is 0.0997. The summed E-state index contributed by atoms with van der Waals surface area (Å²) in [5.41, 5.74) is 2.18. The van der Waals surface area contributed by atoms with Gasteiger partial charge in [-0.15, -0.1) is 16.4 Å². The van der Waals surface area contributed by atoms with Gasteiger partial charge in [0.2, 0.25) is 0 Å². The molecule has 0 saturated carbocycles.